The van der Waals surface area contributed by atoms with Crippen LogP contribution in [0.15, 0.2) is 42.5 Å². The number of para-hydroxylation sites is 2. The summed E-state index contributed by atoms with van der Waals surface area (Å²) in [4.78, 5) is 42.2. The van der Waals surface area contributed by atoms with E-state index in [1.54, 1.807) is 28.0 Å². The lowest BCUT2D eigenvalue weighted by atomic mass is 9.94. The molecule has 0 bridgehead atoms. The number of rotatable bonds is 6. The minimum atomic E-state index is -0.392. The second-order valence-electron chi connectivity index (χ2n) is 8.96. The Morgan fingerprint density at radius 3 is 2.63 bits per heavy atom. The van der Waals surface area contributed by atoms with Gasteiger partial charge in [0, 0.05) is 43.7 Å². The van der Waals surface area contributed by atoms with Gasteiger partial charge in [-0.1, -0.05) is 12.1 Å². The van der Waals surface area contributed by atoms with E-state index in [0.29, 0.717) is 67.7 Å². The van der Waals surface area contributed by atoms with Gasteiger partial charge in [-0.15, -0.1) is 0 Å². The van der Waals surface area contributed by atoms with E-state index in [2.05, 4.69) is 5.32 Å². The summed E-state index contributed by atoms with van der Waals surface area (Å²) in [5.41, 5.74) is 1.36. The first-order chi connectivity index (χ1) is 17.0. The van der Waals surface area contributed by atoms with Gasteiger partial charge < -0.3 is 29.3 Å². The van der Waals surface area contributed by atoms with E-state index in [1.165, 1.54) is 0 Å². The van der Waals surface area contributed by atoms with Crippen LogP contribution < -0.4 is 24.4 Å². The van der Waals surface area contributed by atoms with Gasteiger partial charge in [0.15, 0.2) is 11.5 Å². The normalized spacial score (nSPS) is 19.7. The first-order valence-corrected chi connectivity index (χ1v) is 12.0. The molecule has 2 saturated heterocycles. The lowest BCUT2D eigenvalue weighted by Crippen LogP contribution is -2.44. The van der Waals surface area contributed by atoms with Crippen LogP contribution >= 0.6 is 0 Å². The van der Waals surface area contributed by atoms with Crippen LogP contribution in [0.3, 0.4) is 0 Å². The molecular formula is C26H29N3O6. The highest BCUT2D eigenvalue weighted by Gasteiger charge is 2.39. The van der Waals surface area contributed by atoms with Crippen LogP contribution in [0.5, 0.6) is 17.2 Å². The minimum Gasteiger partial charge on any atom is -0.492 e. The fraction of sp³-hybridized carbons (Fsp3) is 0.423. The zero-order valence-electron chi connectivity index (χ0n) is 19.7. The number of anilines is 2. The maximum absolute atomic E-state index is 13.2. The molecule has 3 aliphatic rings. The number of fused-ring (bicyclic) bond motifs is 1. The molecule has 0 aliphatic carbocycles. The van der Waals surface area contributed by atoms with Gasteiger partial charge in [0.25, 0.3) is 0 Å². The highest BCUT2D eigenvalue weighted by atomic mass is 16.7. The molecule has 0 saturated carbocycles. The third-order valence-corrected chi connectivity index (χ3v) is 6.75. The number of amides is 3. The molecule has 1 atom stereocenters. The number of carbonyl (C=O) groups excluding carboxylic acids is 3. The van der Waals surface area contributed by atoms with Crippen LogP contribution in [0.2, 0.25) is 0 Å². The quantitative estimate of drug-likeness (QED) is 0.684. The monoisotopic (exact) mass is 479 g/mol. The van der Waals surface area contributed by atoms with Gasteiger partial charge in [0.05, 0.1) is 18.2 Å². The summed E-state index contributed by atoms with van der Waals surface area (Å²) in [6, 6.07) is 12.7. The number of benzene rings is 2. The van der Waals surface area contributed by atoms with Crippen molar-refractivity contribution in [3.05, 3.63) is 42.5 Å². The number of carbonyl (C=O) groups is 3. The van der Waals surface area contributed by atoms with Crippen molar-refractivity contribution in [3.63, 3.8) is 0 Å². The maximum atomic E-state index is 13.2. The van der Waals surface area contributed by atoms with Crippen molar-refractivity contribution in [2.24, 2.45) is 11.8 Å². The molecule has 0 radical (unpaired) electrons. The van der Waals surface area contributed by atoms with E-state index in [4.69, 9.17) is 14.2 Å². The Morgan fingerprint density at radius 2 is 1.83 bits per heavy atom. The summed E-state index contributed by atoms with van der Waals surface area (Å²) in [7, 11) is 0. The highest BCUT2D eigenvalue weighted by Crippen LogP contribution is 2.35. The summed E-state index contributed by atoms with van der Waals surface area (Å²) >= 11 is 0. The molecule has 0 unspecified atom stereocenters. The summed E-state index contributed by atoms with van der Waals surface area (Å²) in [5, 5.41) is 2.94. The topological polar surface area (TPSA) is 97.4 Å². The van der Waals surface area contributed by atoms with Gasteiger partial charge in [0.2, 0.25) is 24.5 Å². The molecule has 0 aromatic heterocycles. The fourth-order valence-electron chi connectivity index (χ4n) is 4.90. The predicted molar refractivity (Wildman–Crippen MR) is 129 cm³/mol. The lowest BCUT2D eigenvalue weighted by molar-refractivity contribution is -0.138. The van der Waals surface area contributed by atoms with Crippen molar-refractivity contribution < 1.29 is 28.6 Å². The molecular weight excluding hydrogens is 450 g/mol. The summed E-state index contributed by atoms with van der Waals surface area (Å²) in [5.74, 6) is 1.20. The van der Waals surface area contributed by atoms with Gasteiger partial charge in [0.1, 0.15) is 5.75 Å². The molecule has 3 aliphatic heterocycles. The zero-order chi connectivity index (χ0) is 24.4. The maximum Gasteiger partial charge on any atom is 0.231 e. The molecule has 9 nitrogen and oxygen atoms in total. The second-order valence-corrected chi connectivity index (χ2v) is 8.96. The van der Waals surface area contributed by atoms with Crippen LogP contribution in [0.25, 0.3) is 0 Å². The van der Waals surface area contributed by atoms with E-state index >= 15 is 0 Å². The third kappa shape index (κ3) is 4.76. The van der Waals surface area contributed by atoms with Gasteiger partial charge in [-0.05, 0) is 44.0 Å². The van der Waals surface area contributed by atoms with Crippen molar-refractivity contribution in [1.29, 1.82) is 0 Å². The second kappa shape index (κ2) is 9.85. The number of nitrogens with zero attached hydrogens (tertiary/aromatic N) is 2. The molecule has 184 valence electrons. The Labute approximate surface area is 203 Å². The predicted octanol–water partition coefficient (Wildman–Crippen LogP) is 3.04. The summed E-state index contributed by atoms with van der Waals surface area (Å²) in [6.45, 7) is 3.91. The van der Waals surface area contributed by atoms with Crippen LogP contribution in [0.4, 0.5) is 11.4 Å². The molecule has 3 amide bonds. The van der Waals surface area contributed by atoms with Crippen molar-refractivity contribution in [2.75, 3.05) is 43.3 Å². The Balaban J connectivity index is 1.15. The van der Waals surface area contributed by atoms with Crippen LogP contribution in [-0.4, -0.2) is 55.7 Å². The largest absolute Gasteiger partial charge is 0.492 e. The van der Waals surface area contributed by atoms with Gasteiger partial charge in [-0.3, -0.25) is 14.4 Å². The highest BCUT2D eigenvalue weighted by molar-refractivity contribution is 6.01. The summed E-state index contributed by atoms with van der Waals surface area (Å²) < 4.78 is 16.3. The molecule has 0 spiro atoms. The van der Waals surface area contributed by atoms with E-state index in [-0.39, 0.29) is 36.9 Å². The molecule has 9 heteroatoms. The Kier molecular flexibility index (Phi) is 6.48. The van der Waals surface area contributed by atoms with E-state index in [0.717, 1.165) is 0 Å². The van der Waals surface area contributed by atoms with Crippen LogP contribution in [0, 0.1) is 11.8 Å². The van der Waals surface area contributed by atoms with E-state index in [1.807, 2.05) is 31.2 Å². The van der Waals surface area contributed by atoms with E-state index < -0.39 is 5.92 Å². The molecule has 2 aromatic carbocycles. The fourth-order valence-corrected chi connectivity index (χ4v) is 4.90. The zero-order valence-corrected chi connectivity index (χ0v) is 19.7. The molecule has 1 N–H and O–H groups in total. The van der Waals surface area contributed by atoms with Crippen molar-refractivity contribution in [2.45, 2.75) is 26.2 Å². The first kappa shape index (κ1) is 23.0. The average molecular weight is 480 g/mol. The van der Waals surface area contributed by atoms with Crippen molar-refractivity contribution in [3.8, 4) is 17.2 Å². The number of ether oxygens (including phenoxy) is 3. The molecule has 5 rings (SSSR count). The van der Waals surface area contributed by atoms with Gasteiger partial charge in [-0.25, -0.2) is 0 Å². The Morgan fingerprint density at radius 1 is 1.06 bits per heavy atom. The molecule has 2 fully saturated rings. The average Bonchev–Trinajstić information content (AvgIpc) is 3.50. The number of hydrogen-bond donors (Lipinski definition) is 1. The summed E-state index contributed by atoms with van der Waals surface area (Å²) in [6.07, 6.45) is 1.35. The van der Waals surface area contributed by atoms with Crippen LogP contribution in [0.1, 0.15) is 26.2 Å². The molecule has 2 aromatic rings. The minimum absolute atomic E-state index is 0.0237. The van der Waals surface area contributed by atoms with Crippen LogP contribution in [-0.2, 0) is 14.4 Å². The van der Waals surface area contributed by atoms with Crippen molar-refractivity contribution >= 4 is 29.1 Å². The number of piperidine rings is 1. The number of nitrogens with one attached hydrogen (secondary N) is 1. The Hall–Kier alpha value is -3.75. The van der Waals surface area contributed by atoms with Gasteiger partial charge in [-0.2, -0.15) is 0 Å². The third-order valence-electron chi connectivity index (χ3n) is 6.75. The lowest BCUT2D eigenvalue weighted by Gasteiger charge is -2.33. The Bertz CT molecular complexity index is 1130. The first-order valence-electron chi connectivity index (χ1n) is 12.0. The molecule has 35 heavy (non-hydrogen) atoms. The molecule has 3 heterocycles. The smallest absolute Gasteiger partial charge is 0.231 e. The standard InChI is InChI=1S/C26H29N3O6/c1-2-33-21-6-4-3-5-20(21)29-15-18(13-24(29)30)26(32)28-11-9-17(10-12-28)25(31)27-19-7-8-22-23(14-19)35-16-34-22/h3-8,14,17-18H,2,9-13,15-16H2,1H3,(H,27,31)/t18-/m1/s1. The number of likely N-dealkylation sites (tertiary alicyclic amines) is 1. The van der Waals surface area contributed by atoms with E-state index in [9.17, 15) is 14.4 Å². The van der Waals surface area contributed by atoms with Gasteiger partial charge >= 0.3 is 0 Å². The number of hydrogen-bond acceptors (Lipinski definition) is 6. The SMILES string of the molecule is CCOc1ccccc1N1C[C@H](C(=O)N2CCC(C(=O)Nc3ccc4c(c3)OCO4)CC2)CC1=O. The van der Waals surface area contributed by atoms with Crippen molar-refractivity contribution in [1.82, 2.24) is 4.90 Å².